The molecule has 1 aliphatic heterocycles. The summed E-state index contributed by atoms with van der Waals surface area (Å²) in [5.74, 6) is 0.447. The van der Waals surface area contributed by atoms with E-state index in [1.807, 2.05) is 11.8 Å². The van der Waals surface area contributed by atoms with E-state index in [2.05, 4.69) is 10.3 Å². The van der Waals surface area contributed by atoms with E-state index in [0.717, 1.165) is 0 Å². The summed E-state index contributed by atoms with van der Waals surface area (Å²) in [5.41, 5.74) is 0.521. The minimum Gasteiger partial charge on any atom is -0.353 e. The van der Waals surface area contributed by atoms with Gasteiger partial charge in [-0.2, -0.15) is 4.31 Å². The molecular formula is C13H20N4O3S. The van der Waals surface area contributed by atoms with Crippen LogP contribution in [-0.4, -0.2) is 62.6 Å². The van der Waals surface area contributed by atoms with Gasteiger partial charge < -0.3 is 10.2 Å². The fraction of sp³-hybridized carbons (Fsp3) is 0.538. The lowest BCUT2D eigenvalue weighted by Crippen LogP contribution is -2.49. The van der Waals surface area contributed by atoms with Crippen LogP contribution in [0.15, 0.2) is 18.3 Å². The summed E-state index contributed by atoms with van der Waals surface area (Å²) in [6.07, 6.45) is 2.85. The third kappa shape index (κ3) is 3.70. The SMILES string of the molecule is CCNC(=O)c1cccnc1N1CCN(S(C)(=O)=O)CC1. The quantitative estimate of drug-likeness (QED) is 0.840. The Balaban J connectivity index is 2.15. The van der Waals surface area contributed by atoms with Gasteiger partial charge in [-0.1, -0.05) is 0 Å². The number of rotatable bonds is 4. The van der Waals surface area contributed by atoms with Gasteiger partial charge in [0.05, 0.1) is 11.8 Å². The monoisotopic (exact) mass is 312 g/mol. The molecule has 1 N–H and O–H groups in total. The number of nitrogens with one attached hydrogen (secondary N) is 1. The number of amides is 1. The second-order valence-corrected chi connectivity index (χ2v) is 6.87. The lowest BCUT2D eigenvalue weighted by molar-refractivity contribution is 0.0956. The van der Waals surface area contributed by atoms with Crippen molar-refractivity contribution in [3.05, 3.63) is 23.9 Å². The molecule has 0 atom stereocenters. The van der Waals surface area contributed by atoms with Crippen molar-refractivity contribution in [3.8, 4) is 0 Å². The smallest absolute Gasteiger partial charge is 0.255 e. The first-order valence-corrected chi connectivity index (χ1v) is 8.71. The highest BCUT2D eigenvalue weighted by atomic mass is 32.2. The summed E-state index contributed by atoms with van der Waals surface area (Å²) in [6.45, 7) is 4.27. The molecular weight excluding hydrogens is 292 g/mol. The molecule has 21 heavy (non-hydrogen) atoms. The molecule has 0 bridgehead atoms. The van der Waals surface area contributed by atoms with Crippen LogP contribution < -0.4 is 10.2 Å². The number of nitrogens with zero attached hydrogens (tertiary/aromatic N) is 3. The maximum Gasteiger partial charge on any atom is 0.255 e. The molecule has 0 saturated carbocycles. The van der Waals surface area contributed by atoms with Gasteiger partial charge in [0, 0.05) is 38.9 Å². The fourth-order valence-corrected chi connectivity index (χ4v) is 3.14. The summed E-state index contributed by atoms with van der Waals surface area (Å²) in [6, 6.07) is 3.46. The van der Waals surface area contributed by atoms with Gasteiger partial charge in [-0.05, 0) is 19.1 Å². The Morgan fingerprint density at radius 1 is 1.33 bits per heavy atom. The topological polar surface area (TPSA) is 82.6 Å². The first-order chi connectivity index (χ1) is 9.93. The number of piperazine rings is 1. The number of pyridine rings is 1. The molecule has 1 aliphatic rings. The van der Waals surface area contributed by atoms with E-state index in [-0.39, 0.29) is 5.91 Å². The molecule has 0 unspecified atom stereocenters. The van der Waals surface area contributed by atoms with Gasteiger partial charge in [0.15, 0.2) is 0 Å². The number of hydrogen-bond acceptors (Lipinski definition) is 5. The Bertz CT molecular complexity index is 610. The maximum atomic E-state index is 12.0. The minimum absolute atomic E-state index is 0.161. The van der Waals surface area contributed by atoms with Crippen LogP contribution in [-0.2, 0) is 10.0 Å². The fourth-order valence-electron chi connectivity index (χ4n) is 2.31. The van der Waals surface area contributed by atoms with Crippen molar-refractivity contribution in [3.63, 3.8) is 0 Å². The lowest BCUT2D eigenvalue weighted by Gasteiger charge is -2.34. The molecule has 1 fully saturated rings. The number of aromatic nitrogens is 1. The van der Waals surface area contributed by atoms with Gasteiger partial charge in [-0.3, -0.25) is 4.79 Å². The average molecular weight is 312 g/mol. The van der Waals surface area contributed by atoms with Crippen LogP contribution in [0.2, 0.25) is 0 Å². The molecule has 1 aromatic heterocycles. The molecule has 1 aromatic rings. The van der Waals surface area contributed by atoms with Gasteiger partial charge in [0.25, 0.3) is 5.91 Å². The number of sulfonamides is 1. The van der Waals surface area contributed by atoms with E-state index >= 15 is 0 Å². The van der Waals surface area contributed by atoms with Gasteiger partial charge in [-0.15, -0.1) is 0 Å². The first-order valence-electron chi connectivity index (χ1n) is 6.86. The Morgan fingerprint density at radius 3 is 2.57 bits per heavy atom. The lowest BCUT2D eigenvalue weighted by atomic mass is 10.2. The number of carbonyl (C=O) groups is 1. The third-order valence-electron chi connectivity index (χ3n) is 3.38. The second-order valence-electron chi connectivity index (χ2n) is 4.88. The Labute approximate surface area is 125 Å². The van der Waals surface area contributed by atoms with E-state index in [9.17, 15) is 13.2 Å². The number of carbonyl (C=O) groups excluding carboxylic acids is 1. The summed E-state index contributed by atoms with van der Waals surface area (Å²) >= 11 is 0. The van der Waals surface area contributed by atoms with E-state index in [1.165, 1.54) is 10.6 Å². The van der Waals surface area contributed by atoms with Crippen LogP contribution in [0.25, 0.3) is 0 Å². The predicted octanol–water partition coefficient (Wildman–Crippen LogP) is -0.0871. The number of hydrogen-bond donors (Lipinski definition) is 1. The highest BCUT2D eigenvalue weighted by Gasteiger charge is 2.26. The van der Waals surface area contributed by atoms with E-state index < -0.39 is 10.0 Å². The van der Waals surface area contributed by atoms with Gasteiger partial charge in [-0.25, -0.2) is 13.4 Å². The molecule has 1 amide bonds. The molecule has 2 rings (SSSR count). The van der Waals surface area contributed by atoms with Crippen molar-refractivity contribution in [1.29, 1.82) is 0 Å². The van der Waals surface area contributed by atoms with Crippen molar-refractivity contribution in [2.75, 3.05) is 43.9 Å². The molecule has 0 aromatic carbocycles. The zero-order valence-electron chi connectivity index (χ0n) is 12.2. The van der Waals surface area contributed by atoms with Crippen LogP contribution in [0.1, 0.15) is 17.3 Å². The summed E-state index contributed by atoms with van der Waals surface area (Å²) in [4.78, 5) is 18.3. The Hall–Kier alpha value is -1.67. The normalized spacial score (nSPS) is 16.8. The van der Waals surface area contributed by atoms with Crippen molar-refractivity contribution in [2.24, 2.45) is 0 Å². The standard InChI is InChI=1S/C13H20N4O3S/c1-3-14-13(18)11-5-4-6-15-12(11)16-7-9-17(10-8-16)21(2,19)20/h4-6H,3,7-10H2,1-2H3,(H,14,18). The second kappa shape index (κ2) is 6.40. The summed E-state index contributed by atoms with van der Waals surface area (Å²) in [5, 5.41) is 2.76. The molecule has 0 aliphatic carbocycles. The summed E-state index contributed by atoms with van der Waals surface area (Å²) in [7, 11) is -3.16. The Morgan fingerprint density at radius 2 is 2.00 bits per heavy atom. The molecule has 116 valence electrons. The van der Waals surface area contributed by atoms with Gasteiger partial charge in [0.1, 0.15) is 5.82 Å². The van der Waals surface area contributed by atoms with Gasteiger partial charge in [0.2, 0.25) is 10.0 Å². The van der Waals surface area contributed by atoms with Crippen molar-refractivity contribution < 1.29 is 13.2 Å². The molecule has 0 spiro atoms. The Kier molecular flexibility index (Phi) is 4.79. The van der Waals surface area contributed by atoms with Crippen LogP contribution in [0.5, 0.6) is 0 Å². The highest BCUT2D eigenvalue weighted by molar-refractivity contribution is 7.88. The molecule has 0 radical (unpaired) electrons. The molecule has 7 nitrogen and oxygen atoms in total. The van der Waals surface area contributed by atoms with E-state index in [0.29, 0.717) is 44.1 Å². The highest BCUT2D eigenvalue weighted by Crippen LogP contribution is 2.19. The average Bonchev–Trinajstić information content (AvgIpc) is 2.47. The zero-order valence-corrected chi connectivity index (χ0v) is 13.1. The van der Waals surface area contributed by atoms with E-state index in [1.54, 1.807) is 18.3 Å². The van der Waals surface area contributed by atoms with Crippen LogP contribution in [0.4, 0.5) is 5.82 Å². The van der Waals surface area contributed by atoms with Gasteiger partial charge >= 0.3 is 0 Å². The predicted molar refractivity (Wildman–Crippen MR) is 80.9 cm³/mol. The third-order valence-corrected chi connectivity index (χ3v) is 4.68. The summed E-state index contributed by atoms with van der Waals surface area (Å²) < 4.78 is 24.5. The first kappa shape index (κ1) is 15.7. The van der Waals surface area contributed by atoms with E-state index in [4.69, 9.17) is 0 Å². The van der Waals surface area contributed by atoms with Crippen molar-refractivity contribution in [2.45, 2.75) is 6.92 Å². The minimum atomic E-state index is -3.16. The van der Waals surface area contributed by atoms with Crippen molar-refractivity contribution in [1.82, 2.24) is 14.6 Å². The largest absolute Gasteiger partial charge is 0.353 e. The zero-order chi connectivity index (χ0) is 15.5. The molecule has 1 saturated heterocycles. The van der Waals surface area contributed by atoms with Crippen LogP contribution in [0, 0.1) is 0 Å². The van der Waals surface area contributed by atoms with Crippen molar-refractivity contribution >= 4 is 21.7 Å². The number of anilines is 1. The molecule has 2 heterocycles. The molecule has 8 heteroatoms. The van der Waals surface area contributed by atoms with Crippen LogP contribution in [0.3, 0.4) is 0 Å². The van der Waals surface area contributed by atoms with Crippen LogP contribution >= 0.6 is 0 Å². The maximum absolute atomic E-state index is 12.0.